The van der Waals surface area contributed by atoms with Crippen LogP contribution in [-0.4, -0.2) is 50.3 Å². The van der Waals surface area contributed by atoms with E-state index in [0.717, 1.165) is 13.0 Å². The van der Waals surface area contributed by atoms with Crippen LogP contribution in [-0.2, 0) is 16.8 Å². The Labute approximate surface area is 121 Å². The minimum atomic E-state index is -3.44. The maximum Gasteiger partial charge on any atom is 0.281 e. The molecule has 0 aliphatic carbocycles. The Bertz CT molecular complexity index is 471. The van der Waals surface area contributed by atoms with E-state index in [2.05, 4.69) is 19.2 Å². The smallest absolute Gasteiger partial charge is 0.281 e. The zero-order valence-electron chi connectivity index (χ0n) is 12.7. The minimum Gasteiger partial charge on any atom is -0.468 e. The molecule has 0 amide bonds. The van der Waals surface area contributed by atoms with Gasteiger partial charge in [0, 0.05) is 26.7 Å². The van der Waals surface area contributed by atoms with Gasteiger partial charge in [0.05, 0.1) is 12.8 Å². The molecule has 1 heterocycles. The van der Waals surface area contributed by atoms with Gasteiger partial charge < -0.3 is 9.73 Å². The number of furan rings is 1. The van der Waals surface area contributed by atoms with Gasteiger partial charge in [-0.05, 0) is 25.1 Å². The molecule has 116 valence electrons. The van der Waals surface area contributed by atoms with Gasteiger partial charge in [-0.25, -0.2) is 0 Å². The summed E-state index contributed by atoms with van der Waals surface area (Å²) in [5.74, 6) is 0.631. The summed E-state index contributed by atoms with van der Waals surface area (Å²) in [5.41, 5.74) is 0. The topological polar surface area (TPSA) is 65.8 Å². The average molecular weight is 303 g/mol. The van der Waals surface area contributed by atoms with Gasteiger partial charge >= 0.3 is 0 Å². The molecule has 1 aromatic heterocycles. The van der Waals surface area contributed by atoms with E-state index in [4.69, 9.17) is 4.42 Å². The molecule has 0 bridgehead atoms. The molecule has 0 aliphatic heterocycles. The molecule has 0 saturated carbocycles. The van der Waals surface area contributed by atoms with Crippen LogP contribution in [0, 0.1) is 0 Å². The van der Waals surface area contributed by atoms with Crippen LogP contribution in [0.15, 0.2) is 22.8 Å². The number of rotatable bonds is 9. The summed E-state index contributed by atoms with van der Waals surface area (Å²) in [4.78, 5) is 0. The third kappa shape index (κ3) is 5.24. The zero-order chi connectivity index (χ0) is 15.2. The fraction of sp³-hybridized carbons (Fsp3) is 0.692. The number of nitrogens with zero attached hydrogens (tertiary/aromatic N) is 2. The summed E-state index contributed by atoms with van der Waals surface area (Å²) < 4.78 is 32.4. The molecule has 7 heteroatoms. The van der Waals surface area contributed by atoms with Crippen LogP contribution in [0.4, 0.5) is 0 Å². The molecule has 6 nitrogen and oxygen atoms in total. The highest BCUT2D eigenvalue weighted by molar-refractivity contribution is 7.86. The van der Waals surface area contributed by atoms with Crippen molar-refractivity contribution in [3.8, 4) is 0 Å². The van der Waals surface area contributed by atoms with Crippen molar-refractivity contribution in [3.05, 3.63) is 24.2 Å². The van der Waals surface area contributed by atoms with Gasteiger partial charge in [-0.15, -0.1) is 0 Å². The Morgan fingerprint density at radius 2 is 2.00 bits per heavy atom. The summed E-state index contributed by atoms with van der Waals surface area (Å²) in [6.07, 6.45) is 2.32. The predicted octanol–water partition coefficient (Wildman–Crippen LogP) is 1.28. The van der Waals surface area contributed by atoms with Crippen LogP contribution in [0.3, 0.4) is 0 Å². The Morgan fingerprint density at radius 3 is 2.55 bits per heavy atom. The van der Waals surface area contributed by atoms with E-state index in [0.29, 0.717) is 18.3 Å². The molecule has 1 rings (SSSR count). The SMILES string of the molecule is CC(C)NCCCN(C)S(=O)(=O)N(C)Cc1ccco1. The molecule has 0 aromatic carbocycles. The monoisotopic (exact) mass is 303 g/mol. The Hall–Kier alpha value is -0.890. The van der Waals surface area contributed by atoms with Crippen LogP contribution < -0.4 is 5.32 Å². The normalized spacial score (nSPS) is 12.8. The summed E-state index contributed by atoms with van der Waals surface area (Å²) in [6, 6.07) is 3.92. The van der Waals surface area contributed by atoms with Gasteiger partial charge in [0.15, 0.2) is 0 Å². The summed E-state index contributed by atoms with van der Waals surface area (Å²) in [6.45, 7) is 5.67. The molecule has 0 aliphatic rings. The predicted molar refractivity (Wildman–Crippen MR) is 79.5 cm³/mol. The van der Waals surface area contributed by atoms with Crippen molar-refractivity contribution in [1.29, 1.82) is 0 Å². The number of hydrogen-bond donors (Lipinski definition) is 1. The second-order valence-electron chi connectivity index (χ2n) is 5.13. The molecule has 0 fully saturated rings. The first kappa shape index (κ1) is 17.2. The van der Waals surface area contributed by atoms with E-state index >= 15 is 0 Å². The quantitative estimate of drug-likeness (QED) is 0.698. The van der Waals surface area contributed by atoms with Crippen LogP contribution >= 0.6 is 0 Å². The first-order chi connectivity index (χ1) is 9.34. The zero-order valence-corrected chi connectivity index (χ0v) is 13.5. The van der Waals surface area contributed by atoms with Crippen molar-refractivity contribution >= 4 is 10.2 Å². The summed E-state index contributed by atoms with van der Waals surface area (Å²) in [7, 11) is -0.280. The molecule has 0 unspecified atom stereocenters. The van der Waals surface area contributed by atoms with Crippen LogP contribution in [0.5, 0.6) is 0 Å². The second-order valence-corrected chi connectivity index (χ2v) is 7.27. The molecule has 0 radical (unpaired) electrons. The van der Waals surface area contributed by atoms with E-state index in [9.17, 15) is 8.42 Å². The van der Waals surface area contributed by atoms with Gasteiger partial charge in [0.2, 0.25) is 0 Å². The maximum atomic E-state index is 12.3. The highest BCUT2D eigenvalue weighted by Gasteiger charge is 2.23. The average Bonchev–Trinajstić information content (AvgIpc) is 2.86. The van der Waals surface area contributed by atoms with Crippen LogP contribution in [0.2, 0.25) is 0 Å². The molecule has 0 atom stereocenters. The maximum absolute atomic E-state index is 12.3. The summed E-state index contributed by atoms with van der Waals surface area (Å²) in [5, 5.41) is 3.27. The standard InChI is InChI=1S/C13H25N3O3S/c1-12(2)14-8-6-9-15(3)20(17,18)16(4)11-13-7-5-10-19-13/h5,7,10,12,14H,6,8-9,11H2,1-4H3. The van der Waals surface area contributed by atoms with Gasteiger partial charge in [0.1, 0.15) is 5.76 Å². The van der Waals surface area contributed by atoms with Gasteiger partial charge in [-0.3, -0.25) is 0 Å². The van der Waals surface area contributed by atoms with Crippen molar-refractivity contribution in [2.24, 2.45) is 0 Å². The third-order valence-corrected chi connectivity index (χ3v) is 4.84. The van der Waals surface area contributed by atoms with E-state index in [1.54, 1.807) is 26.2 Å². The molecular weight excluding hydrogens is 278 g/mol. The number of nitrogens with one attached hydrogen (secondary N) is 1. The minimum absolute atomic E-state index is 0.240. The van der Waals surface area contributed by atoms with Crippen molar-refractivity contribution in [1.82, 2.24) is 13.9 Å². The van der Waals surface area contributed by atoms with Crippen molar-refractivity contribution in [2.75, 3.05) is 27.2 Å². The Balaban J connectivity index is 2.45. The van der Waals surface area contributed by atoms with Crippen molar-refractivity contribution in [2.45, 2.75) is 32.9 Å². The van der Waals surface area contributed by atoms with Crippen molar-refractivity contribution < 1.29 is 12.8 Å². The molecule has 1 aromatic rings. The fourth-order valence-electron chi connectivity index (χ4n) is 1.75. The van der Waals surface area contributed by atoms with Gasteiger partial charge in [0.25, 0.3) is 10.2 Å². The molecular formula is C13H25N3O3S. The molecule has 1 N–H and O–H groups in total. The van der Waals surface area contributed by atoms with E-state index in [-0.39, 0.29) is 6.54 Å². The second kappa shape index (κ2) is 7.78. The molecule has 20 heavy (non-hydrogen) atoms. The van der Waals surface area contributed by atoms with Crippen molar-refractivity contribution in [3.63, 3.8) is 0 Å². The van der Waals surface area contributed by atoms with E-state index in [1.165, 1.54) is 14.9 Å². The van der Waals surface area contributed by atoms with E-state index in [1.807, 2.05) is 0 Å². The largest absolute Gasteiger partial charge is 0.468 e. The van der Waals surface area contributed by atoms with Crippen LogP contribution in [0.25, 0.3) is 0 Å². The van der Waals surface area contributed by atoms with E-state index < -0.39 is 10.2 Å². The lowest BCUT2D eigenvalue weighted by Crippen LogP contribution is -2.40. The van der Waals surface area contributed by atoms with Gasteiger partial charge in [-0.2, -0.15) is 17.0 Å². The Morgan fingerprint density at radius 1 is 1.30 bits per heavy atom. The lowest BCUT2D eigenvalue weighted by Gasteiger charge is -2.23. The third-order valence-electron chi connectivity index (χ3n) is 2.95. The van der Waals surface area contributed by atoms with Crippen LogP contribution in [0.1, 0.15) is 26.0 Å². The molecule has 0 saturated heterocycles. The number of hydrogen-bond acceptors (Lipinski definition) is 4. The first-order valence-corrected chi connectivity index (χ1v) is 8.17. The first-order valence-electron chi connectivity index (χ1n) is 6.77. The fourth-order valence-corrected chi connectivity index (χ4v) is 2.88. The lowest BCUT2D eigenvalue weighted by molar-refractivity contribution is 0.360. The van der Waals surface area contributed by atoms with Gasteiger partial charge in [-0.1, -0.05) is 13.8 Å². The lowest BCUT2D eigenvalue weighted by atomic mass is 10.3. The summed E-state index contributed by atoms with van der Waals surface area (Å²) >= 11 is 0. The molecule has 0 spiro atoms. The highest BCUT2D eigenvalue weighted by atomic mass is 32.2. The Kier molecular flexibility index (Phi) is 6.67. The highest BCUT2D eigenvalue weighted by Crippen LogP contribution is 2.10.